The molecular formula is C11H5Cl3FN. The van der Waals surface area contributed by atoms with Crippen LogP contribution in [0.4, 0.5) is 4.39 Å². The second-order valence-corrected chi connectivity index (χ2v) is 4.37. The van der Waals surface area contributed by atoms with E-state index in [1.807, 2.05) is 0 Å². The molecule has 0 fully saturated rings. The molecule has 5 heteroatoms. The van der Waals surface area contributed by atoms with Gasteiger partial charge in [0.1, 0.15) is 5.02 Å². The van der Waals surface area contributed by atoms with Crippen LogP contribution in [0.3, 0.4) is 0 Å². The summed E-state index contributed by atoms with van der Waals surface area (Å²) in [4.78, 5) is 3.45. The minimum atomic E-state index is -0.713. The summed E-state index contributed by atoms with van der Waals surface area (Å²) in [5.41, 5.74) is 1.17. The molecule has 1 aromatic carbocycles. The monoisotopic (exact) mass is 275 g/mol. The molecule has 0 unspecified atom stereocenters. The van der Waals surface area contributed by atoms with Gasteiger partial charge in [0.2, 0.25) is 5.95 Å². The zero-order valence-corrected chi connectivity index (χ0v) is 10.1. The van der Waals surface area contributed by atoms with Crippen LogP contribution in [0.1, 0.15) is 0 Å². The Morgan fingerprint density at radius 3 is 2.25 bits per heavy atom. The lowest BCUT2D eigenvalue weighted by Gasteiger charge is -2.05. The fraction of sp³-hybridized carbons (Fsp3) is 0. The molecule has 2 rings (SSSR count). The Morgan fingerprint density at radius 2 is 1.62 bits per heavy atom. The SMILES string of the molecule is Fc1nccc(-c2cc(Cl)cc(Cl)c2)c1Cl. The standard InChI is InChI=1S/C11H5Cl3FN/c12-7-3-6(4-8(13)5-7)9-1-2-16-11(15)10(9)14/h1-5H. The number of benzene rings is 1. The first-order chi connectivity index (χ1) is 7.58. The zero-order valence-electron chi connectivity index (χ0n) is 7.85. The highest BCUT2D eigenvalue weighted by Gasteiger charge is 2.10. The summed E-state index contributed by atoms with van der Waals surface area (Å²) in [6.45, 7) is 0. The Labute approximate surface area is 107 Å². The second kappa shape index (κ2) is 4.58. The highest BCUT2D eigenvalue weighted by Crippen LogP contribution is 2.32. The molecule has 0 spiro atoms. The van der Waals surface area contributed by atoms with Gasteiger partial charge in [-0.15, -0.1) is 0 Å². The summed E-state index contributed by atoms with van der Waals surface area (Å²) in [7, 11) is 0. The van der Waals surface area contributed by atoms with Crippen molar-refractivity contribution in [3.8, 4) is 11.1 Å². The van der Waals surface area contributed by atoms with Gasteiger partial charge in [0.15, 0.2) is 0 Å². The minimum absolute atomic E-state index is 0.0409. The number of hydrogen-bond acceptors (Lipinski definition) is 1. The lowest BCUT2D eigenvalue weighted by molar-refractivity contribution is 0.585. The van der Waals surface area contributed by atoms with Crippen molar-refractivity contribution in [2.45, 2.75) is 0 Å². The molecule has 0 aliphatic heterocycles. The van der Waals surface area contributed by atoms with E-state index >= 15 is 0 Å². The van der Waals surface area contributed by atoms with E-state index in [1.165, 1.54) is 6.20 Å². The summed E-state index contributed by atoms with van der Waals surface area (Å²) in [6, 6.07) is 6.52. The van der Waals surface area contributed by atoms with Crippen molar-refractivity contribution in [2.24, 2.45) is 0 Å². The van der Waals surface area contributed by atoms with E-state index < -0.39 is 5.95 Å². The molecule has 1 nitrogen and oxygen atoms in total. The summed E-state index contributed by atoms with van der Waals surface area (Å²) in [5.74, 6) is -0.713. The van der Waals surface area contributed by atoms with E-state index in [0.29, 0.717) is 21.2 Å². The molecule has 82 valence electrons. The van der Waals surface area contributed by atoms with Crippen LogP contribution in [-0.2, 0) is 0 Å². The summed E-state index contributed by atoms with van der Waals surface area (Å²) in [5, 5.41) is 0.896. The van der Waals surface area contributed by atoms with E-state index in [2.05, 4.69) is 4.98 Å². The largest absolute Gasteiger partial charge is 0.232 e. The highest BCUT2D eigenvalue weighted by molar-refractivity contribution is 6.36. The quantitative estimate of drug-likeness (QED) is 0.679. The Balaban J connectivity index is 2.63. The predicted octanol–water partition coefficient (Wildman–Crippen LogP) is 4.85. The Hall–Kier alpha value is -0.830. The van der Waals surface area contributed by atoms with Gasteiger partial charge in [-0.2, -0.15) is 4.39 Å². The molecule has 0 aliphatic carbocycles. The topological polar surface area (TPSA) is 12.9 Å². The van der Waals surface area contributed by atoms with Crippen LogP contribution in [-0.4, -0.2) is 4.98 Å². The van der Waals surface area contributed by atoms with Crippen molar-refractivity contribution in [2.75, 3.05) is 0 Å². The molecule has 0 radical (unpaired) electrons. The third-order valence-electron chi connectivity index (χ3n) is 2.02. The molecule has 16 heavy (non-hydrogen) atoms. The second-order valence-electron chi connectivity index (χ2n) is 3.12. The van der Waals surface area contributed by atoms with Crippen LogP contribution in [0.5, 0.6) is 0 Å². The van der Waals surface area contributed by atoms with Gasteiger partial charge in [-0.25, -0.2) is 4.98 Å². The van der Waals surface area contributed by atoms with Crippen molar-refractivity contribution < 1.29 is 4.39 Å². The minimum Gasteiger partial charge on any atom is -0.227 e. The summed E-state index contributed by atoms with van der Waals surface area (Å²) >= 11 is 17.5. The van der Waals surface area contributed by atoms with Crippen molar-refractivity contribution >= 4 is 34.8 Å². The van der Waals surface area contributed by atoms with Crippen LogP contribution in [0.15, 0.2) is 30.5 Å². The third kappa shape index (κ3) is 2.29. The number of rotatable bonds is 1. The van der Waals surface area contributed by atoms with Crippen molar-refractivity contribution in [3.63, 3.8) is 0 Å². The number of hydrogen-bond donors (Lipinski definition) is 0. The van der Waals surface area contributed by atoms with Gasteiger partial charge in [0, 0.05) is 21.8 Å². The Morgan fingerprint density at radius 1 is 1.00 bits per heavy atom. The van der Waals surface area contributed by atoms with Crippen LogP contribution >= 0.6 is 34.8 Å². The molecular weight excluding hydrogens is 271 g/mol. The van der Waals surface area contributed by atoms with Crippen LogP contribution < -0.4 is 0 Å². The molecule has 0 amide bonds. The van der Waals surface area contributed by atoms with Gasteiger partial charge < -0.3 is 0 Å². The number of aromatic nitrogens is 1. The van der Waals surface area contributed by atoms with Crippen molar-refractivity contribution in [1.29, 1.82) is 0 Å². The van der Waals surface area contributed by atoms with Crippen LogP contribution in [0, 0.1) is 5.95 Å². The number of nitrogens with zero attached hydrogens (tertiary/aromatic N) is 1. The molecule has 0 aliphatic rings. The summed E-state index contributed by atoms with van der Waals surface area (Å²) in [6.07, 6.45) is 1.34. The van der Waals surface area contributed by atoms with Gasteiger partial charge in [-0.05, 0) is 29.8 Å². The van der Waals surface area contributed by atoms with E-state index in [9.17, 15) is 4.39 Å². The van der Waals surface area contributed by atoms with Crippen LogP contribution in [0.2, 0.25) is 15.1 Å². The van der Waals surface area contributed by atoms with E-state index in [1.54, 1.807) is 24.3 Å². The normalized spacial score (nSPS) is 10.5. The maximum absolute atomic E-state index is 13.2. The first-order valence-corrected chi connectivity index (χ1v) is 5.48. The first-order valence-electron chi connectivity index (χ1n) is 4.34. The molecule has 1 heterocycles. The van der Waals surface area contributed by atoms with E-state index in [-0.39, 0.29) is 5.02 Å². The van der Waals surface area contributed by atoms with Gasteiger partial charge in [-0.1, -0.05) is 34.8 Å². The fourth-order valence-corrected chi connectivity index (χ4v) is 2.10. The lowest BCUT2D eigenvalue weighted by atomic mass is 10.1. The molecule has 0 bridgehead atoms. The number of halogens is 4. The molecule has 0 saturated heterocycles. The predicted molar refractivity (Wildman–Crippen MR) is 64.7 cm³/mol. The Bertz CT molecular complexity index is 522. The van der Waals surface area contributed by atoms with Gasteiger partial charge in [0.25, 0.3) is 0 Å². The van der Waals surface area contributed by atoms with E-state index in [0.717, 1.165) is 0 Å². The van der Waals surface area contributed by atoms with Gasteiger partial charge in [0.05, 0.1) is 0 Å². The maximum Gasteiger partial charge on any atom is 0.232 e. The molecule has 1 aromatic heterocycles. The molecule has 0 N–H and O–H groups in total. The average Bonchev–Trinajstić information content (AvgIpc) is 2.20. The number of pyridine rings is 1. The van der Waals surface area contributed by atoms with E-state index in [4.69, 9.17) is 34.8 Å². The first kappa shape index (κ1) is 11.6. The lowest BCUT2D eigenvalue weighted by Crippen LogP contribution is -1.87. The molecule has 2 aromatic rings. The average molecular weight is 277 g/mol. The molecule has 0 saturated carbocycles. The smallest absolute Gasteiger partial charge is 0.227 e. The third-order valence-corrected chi connectivity index (χ3v) is 2.82. The Kier molecular flexibility index (Phi) is 3.33. The van der Waals surface area contributed by atoms with Crippen molar-refractivity contribution in [3.05, 3.63) is 51.5 Å². The van der Waals surface area contributed by atoms with Gasteiger partial charge >= 0.3 is 0 Å². The van der Waals surface area contributed by atoms with Crippen LogP contribution in [0.25, 0.3) is 11.1 Å². The molecule has 0 atom stereocenters. The van der Waals surface area contributed by atoms with Gasteiger partial charge in [-0.3, -0.25) is 0 Å². The fourth-order valence-electron chi connectivity index (χ4n) is 1.35. The summed E-state index contributed by atoms with van der Waals surface area (Å²) < 4.78 is 13.2. The van der Waals surface area contributed by atoms with Crippen molar-refractivity contribution in [1.82, 2.24) is 4.98 Å². The zero-order chi connectivity index (χ0) is 11.7. The maximum atomic E-state index is 13.2. The highest BCUT2D eigenvalue weighted by atomic mass is 35.5.